The summed E-state index contributed by atoms with van der Waals surface area (Å²) in [6.45, 7) is 7.76. The number of aryl methyl sites for hydroxylation is 1. The van der Waals surface area contributed by atoms with Gasteiger partial charge in [-0.05, 0) is 31.5 Å². The predicted octanol–water partition coefficient (Wildman–Crippen LogP) is 4.69. The van der Waals surface area contributed by atoms with Crippen molar-refractivity contribution >= 4 is 5.97 Å². The standard InChI is InChI=1S/C17H19FO3/c1-5-20-17(19)15-14(11(4)21-16(15)10(2)3)12-6-8-13(18)9-7-12/h6-10H,5H2,1-4H3. The third-order valence-corrected chi connectivity index (χ3v) is 3.25. The fraction of sp³-hybridized carbons (Fsp3) is 0.353. The Morgan fingerprint density at radius 2 is 1.90 bits per heavy atom. The second-order valence-corrected chi connectivity index (χ2v) is 5.15. The third-order valence-electron chi connectivity index (χ3n) is 3.25. The van der Waals surface area contributed by atoms with Crippen molar-refractivity contribution in [1.29, 1.82) is 0 Å². The molecule has 0 atom stereocenters. The second-order valence-electron chi connectivity index (χ2n) is 5.15. The van der Waals surface area contributed by atoms with E-state index in [1.165, 1.54) is 12.1 Å². The van der Waals surface area contributed by atoms with Crippen molar-refractivity contribution in [1.82, 2.24) is 0 Å². The van der Waals surface area contributed by atoms with Gasteiger partial charge in [0.1, 0.15) is 22.9 Å². The molecule has 0 radical (unpaired) electrons. The summed E-state index contributed by atoms with van der Waals surface area (Å²) in [7, 11) is 0. The summed E-state index contributed by atoms with van der Waals surface area (Å²) >= 11 is 0. The fourth-order valence-corrected chi connectivity index (χ4v) is 2.34. The van der Waals surface area contributed by atoms with Crippen molar-refractivity contribution in [2.45, 2.75) is 33.6 Å². The first-order valence-corrected chi connectivity index (χ1v) is 7.02. The SMILES string of the molecule is CCOC(=O)c1c(C(C)C)oc(C)c1-c1ccc(F)cc1. The topological polar surface area (TPSA) is 39.4 Å². The van der Waals surface area contributed by atoms with Crippen LogP contribution in [0.15, 0.2) is 28.7 Å². The molecule has 3 nitrogen and oxygen atoms in total. The number of ether oxygens (including phenoxy) is 1. The highest BCUT2D eigenvalue weighted by Crippen LogP contribution is 2.36. The average Bonchev–Trinajstić information content (AvgIpc) is 2.78. The molecule has 1 heterocycles. The lowest BCUT2D eigenvalue weighted by atomic mass is 9.97. The Hall–Kier alpha value is -2.10. The van der Waals surface area contributed by atoms with Crippen LogP contribution >= 0.6 is 0 Å². The van der Waals surface area contributed by atoms with E-state index >= 15 is 0 Å². The molecule has 1 aromatic heterocycles. The van der Waals surface area contributed by atoms with Gasteiger partial charge in [0, 0.05) is 11.5 Å². The van der Waals surface area contributed by atoms with Crippen LogP contribution in [0.5, 0.6) is 0 Å². The highest BCUT2D eigenvalue weighted by molar-refractivity contribution is 5.99. The second kappa shape index (κ2) is 6.12. The number of furan rings is 1. The Labute approximate surface area is 123 Å². The third kappa shape index (κ3) is 2.99. The number of halogens is 1. The fourth-order valence-electron chi connectivity index (χ4n) is 2.34. The Morgan fingerprint density at radius 1 is 1.29 bits per heavy atom. The summed E-state index contributed by atoms with van der Waals surface area (Å²) in [5.74, 6) is 0.565. The first-order chi connectivity index (χ1) is 9.95. The van der Waals surface area contributed by atoms with Gasteiger partial charge in [0.25, 0.3) is 0 Å². The molecule has 0 saturated heterocycles. The quantitative estimate of drug-likeness (QED) is 0.766. The molecule has 0 bridgehead atoms. The van der Waals surface area contributed by atoms with E-state index in [9.17, 15) is 9.18 Å². The Bertz CT molecular complexity index is 639. The van der Waals surface area contributed by atoms with E-state index in [0.717, 1.165) is 5.56 Å². The normalized spacial score (nSPS) is 11.0. The number of esters is 1. The lowest BCUT2D eigenvalue weighted by Gasteiger charge is -2.08. The predicted molar refractivity (Wildman–Crippen MR) is 78.9 cm³/mol. The molecule has 21 heavy (non-hydrogen) atoms. The summed E-state index contributed by atoms with van der Waals surface area (Å²) in [6, 6.07) is 6.01. The van der Waals surface area contributed by atoms with Crippen molar-refractivity contribution in [2.24, 2.45) is 0 Å². The van der Waals surface area contributed by atoms with Crippen molar-refractivity contribution in [2.75, 3.05) is 6.61 Å². The molecule has 0 N–H and O–H groups in total. The molecule has 0 fully saturated rings. The van der Waals surface area contributed by atoms with Crippen LogP contribution in [0, 0.1) is 12.7 Å². The van der Waals surface area contributed by atoms with Gasteiger partial charge < -0.3 is 9.15 Å². The summed E-state index contributed by atoms with van der Waals surface area (Å²) in [4.78, 5) is 12.3. The number of rotatable bonds is 4. The average molecular weight is 290 g/mol. The summed E-state index contributed by atoms with van der Waals surface area (Å²) < 4.78 is 24.0. The van der Waals surface area contributed by atoms with Gasteiger partial charge in [0.15, 0.2) is 0 Å². The van der Waals surface area contributed by atoms with E-state index in [4.69, 9.17) is 9.15 Å². The lowest BCUT2D eigenvalue weighted by Crippen LogP contribution is -2.08. The maximum atomic E-state index is 13.1. The van der Waals surface area contributed by atoms with E-state index in [1.54, 1.807) is 26.0 Å². The van der Waals surface area contributed by atoms with Crippen LogP contribution in [0.3, 0.4) is 0 Å². The highest BCUT2D eigenvalue weighted by atomic mass is 19.1. The molecular weight excluding hydrogens is 271 g/mol. The van der Waals surface area contributed by atoms with E-state index in [1.807, 2.05) is 13.8 Å². The van der Waals surface area contributed by atoms with Gasteiger partial charge in [-0.2, -0.15) is 0 Å². The van der Waals surface area contributed by atoms with Crippen molar-refractivity contribution in [3.05, 3.63) is 47.2 Å². The number of benzene rings is 1. The van der Waals surface area contributed by atoms with E-state index < -0.39 is 5.97 Å². The Morgan fingerprint density at radius 3 is 2.43 bits per heavy atom. The Kier molecular flexibility index (Phi) is 4.46. The molecule has 0 unspecified atom stereocenters. The van der Waals surface area contributed by atoms with Gasteiger partial charge in [-0.25, -0.2) is 9.18 Å². The van der Waals surface area contributed by atoms with Gasteiger partial charge in [0.05, 0.1) is 6.61 Å². The zero-order chi connectivity index (χ0) is 15.6. The monoisotopic (exact) mass is 290 g/mol. The van der Waals surface area contributed by atoms with Gasteiger partial charge in [-0.1, -0.05) is 26.0 Å². The van der Waals surface area contributed by atoms with Crippen LogP contribution in [0.2, 0.25) is 0 Å². The lowest BCUT2D eigenvalue weighted by molar-refractivity contribution is 0.0524. The molecule has 2 rings (SSSR count). The maximum absolute atomic E-state index is 13.1. The first kappa shape index (κ1) is 15.3. The molecule has 1 aromatic carbocycles. The van der Waals surface area contributed by atoms with Crippen LogP contribution in [-0.2, 0) is 4.74 Å². The van der Waals surface area contributed by atoms with E-state index in [2.05, 4.69) is 0 Å². The first-order valence-electron chi connectivity index (χ1n) is 7.02. The molecule has 0 saturated carbocycles. The minimum Gasteiger partial charge on any atom is -0.465 e. The molecular formula is C17H19FO3. The number of hydrogen-bond acceptors (Lipinski definition) is 3. The molecule has 0 aliphatic carbocycles. The summed E-state index contributed by atoms with van der Waals surface area (Å²) in [5.41, 5.74) is 1.86. The van der Waals surface area contributed by atoms with Crippen LogP contribution in [0.1, 0.15) is 48.6 Å². The van der Waals surface area contributed by atoms with E-state index in [0.29, 0.717) is 29.3 Å². The van der Waals surface area contributed by atoms with Gasteiger partial charge >= 0.3 is 5.97 Å². The number of hydrogen-bond donors (Lipinski definition) is 0. The minimum absolute atomic E-state index is 0.0531. The summed E-state index contributed by atoms with van der Waals surface area (Å²) in [5, 5.41) is 0. The van der Waals surface area contributed by atoms with Crippen LogP contribution in [0.25, 0.3) is 11.1 Å². The van der Waals surface area contributed by atoms with Gasteiger partial charge in [-0.15, -0.1) is 0 Å². The zero-order valence-corrected chi connectivity index (χ0v) is 12.7. The molecule has 0 aliphatic heterocycles. The van der Waals surface area contributed by atoms with Crippen molar-refractivity contribution < 1.29 is 18.3 Å². The molecule has 0 aliphatic rings. The summed E-state index contributed by atoms with van der Waals surface area (Å²) in [6.07, 6.45) is 0. The molecule has 4 heteroatoms. The minimum atomic E-state index is -0.405. The van der Waals surface area contributed by atoms with Crippen molar-refractivity contribution in [3.63, 3.8) is 0 Å². The number of carbonyl (C=O) groups excluding carboxylic acids is 1. The molecule has 2 aromatic rings. The molecule has 112 valence electrons. The highest BCUT2D eigenvalue weighted by Gasteiger charge is 2.27. The largest absolute Gasteiger partial charge is 0.465 e. The van der Waals surface area contributed by atoms with E-state index in [-0.39, 0.29) is 11.7 Å². The van der Waals surface area contributed by atoms with Gasteiger partial charge in [0.2, 0.25) is 0 Å². The number of carbonyl (C=O) groups is 1. The molecule has 0 amide bonds. The van der Waals surface area contributed by atoms with Crippen LogP contribution in [0.4, 0.5) is 4.39 Å². The maximum Gasteiger partial charge on any atom is 0.342 e. The Balaban J connectivity index is 2.63. The van der Waals surface area contributed by atoms with Crippen molar-refractivity contribution in [3.8, 4) is 11.1 Å². The van der Waals surface area contributed by atoms with Crippen LogP contribution < -0.4 is 0 Å². The van der Waals surface area contributed by atoms with Crippen LogP contribution in [-0.4, -0.2) is 12.6 Å². The van der Waals surface area contributed by atoms with Gasteiger partial charge in [-0.3, -0.25) is 0 Å². The molecule has 0 spiro atoms. The smallest absolute Gasteiger partial charge is 0.342 e. The zero-order valence-electron chi connectivity index (χ0n) is 12.7.